The highest BCUT2D eigenvalue weighted by Crippen LogP contribution is 2.59. The third kappa shape index (κ3) is 4.50. The lowest BCUT2D eigenvalue weighted by Gasteiger charge is -2.42. The summed E-state index contributed by atoms with van der Waals surface area (Å²) in [4.78, 5) is 24.1. The summed E-state index contributed by atoms with van der Waals surface area (Å²) in [5, 5.41) is 2.59. The highest BCUT2D eigenvalue weighted by Gasteiger charge is 2.72. The van der Waals surface area contributed by atoms with Crippen molar-refractivity contribution in [2.75, 3.05) is 13.7 Å². The number of nitrogens with one attached hydrogen (secondary N) is 1. The summed E-state index contributed by atoms with van der Waals surface area (Å²) < 4.78 is 23.7. The van der Waals surface area contributed by atoms with Crippen LogP contribution in [-0.2, 0) is 23.7 Å². The molecule has 2 heterocycles. The first-order valence-electron chi connectivity index (χ1n) is 10.8. The summed E-state index contributed by atoms with van der Waals surface area (Å²) in [5.41, 5.74) is 5.98. The highest BCUT2D eigenvalue weighted by atomic mass is 16.6. The molecule has 7 atom stereocenters. The molecule has 0 bridgehead atoms. The average molecular weight is 425 g/mol. The van der Waals surface area contributed by atoms with Gasteiger partial charge in [0.1, 0.15) is 29.5 Å². The number of methoxy groups -OCH3 is 1. The molecule has 2 saturated heterocycles. The summed E-state index contributed by atoms with van der Waals surface area (Å²) in [6.07, 6.45) is 3.02. The summed E-state index contributed by atoms with van der Waals surface area (Å²) in [6, 6.07) is -0.784. The SMILES string of the molecule is CO[C@H]1[C@H](C2(C)O[C@@H]2CC=C(C)C)[C@]2(CC[C@H]1OC(=O)N[C@@H](C(N)=O)C(C)C)CO2. The van der Waals surface area contributed by atoms with Crippen LogP contribution in [-0.4, -0.2) is 61.3 Å². The van der Waals surface area contributed by atoms with Gasteiger partial charge in [-0.2, -0.15) is 0 Å². The number of carbonyl (C=O) groups excluding carboxylic acids is 2. The molecule has 170 valence electrons. The van der Waals surface area contributed by atoms with E-state index < -0.39 is 29.7 Å². The van der Waals surface area contributed by atoms with Gasteiger partial charge in [0.05, 0.1) is 18.6 Å². The zero-order valence-electron chi connectivity index (χ0n) is 18.9. The average Bonchev–Trinajstić information content (AvgIpc) is 3.56. The van der Waals surface area contributed by atoms with Crippen LogP contribution in [0.1, 0.15) is 53.9 Å². The fourth-order valence-electron chi connectivity index (χ4n) is 4.94. The molecule has 8 nitrogen and oxygen atoms in total. The van der Waals surface area contributed by atoms with E-state index >= 15 is 0 Å². The largest absolute Gasteiger partial charge is 0.443 e. The van der Waals surface area contributed by atoms with E-state index in [1.165, 1.54) is 5.57 Å². The van der Waals surface area contributed by atoms with Crippen LogP contribution in [0.25, 0.3) is 0 Å². The molecule has 0 aromatic carbocycles. The number of ether oxygens (including phenoxy) is 4. The molecule has 3 aliphatic rings. The molecule has 1 aliphatic carbocycles. The Morgan fingerprint density at radius 2 is 2.00 bits per heavy atom. The predicted octanol–water partition coefficient (Wildman–Crippen LogP) is 2.30. The Morgan fingerprint density at radius 3 is 2.50 bits per heavy atom. The van der Waals surface area contributed by atoms with Gasteiger partial charge >= 0.3 is 6.09 Å². The number of epoxide rings is 2. The lowest BCUT2D eigenvalue weighted by molar-refractivity contribution is -0.123. The van der Waals surface area contributed by atoms with Crippen molar-refractivity contribution in [2.24, 2.45) is 17.6 Å². The number of carbonyl (C=O) groups is 2. The Bertz CT molecular complexity index is 700. The molecule has 2 aliphatic heterocycles. The summed E-state index contributed by atoms with van der Waals surface area (Å²) >= 11 is 0. The Hall–Kier alpha value is -1.64. The summed E-state index contributed by atoms with van der Waals surface area (Å²) in [5.74, 6) is -0.766. The van der Waals surface area contributed by atoms with Gasteiger partial charge in [-0.05, 0) is 46.0 Å². The fourth-order valence-corrected chi connectivity index (χ4v) is 4.94. The lowest BCUT2D eigenvalue weighted by atomic mass is 9.68. The molecule has 2 amide bonds. The molecule has 1 unspecified atom stereocenters. The van der Waals surface area contributed by atoms with Crippen LogP contribution in [0.5, 0.6) is 0 Å². The van der Waals surface area contributed by atoms with Crippen molar-refractivity contribution >= 4 is 12.0 Å². The first-order chi connectivity index (χ1) is 14.0. The number of hydrogen-bond acceptors (Lipinski definition) is 6. The molecule has 30 heavy (non-hydrogen) atoms. The maximum Gasteiger partial charge on any atom is 0.408 e. The van der Waals surface area contributed by atoms with Crippen molar-refractivity contribution in [3.8, 4) is 0 Å². The number of nitrogens with two attached hydrogens (primary N) is 1. The Balaban J connectivity index is 1.71. The van der Waals surface area contributed by atoms with E-state index in [0.29, 0.717) is 13.0 Å². The van der Waals surface area contributed by atoms with Crippen molar-refractivity contribution in [1.29, 1.82) is 0 Å². The number of rotatable bonds is 8. The molecule has 3 fully saturated rings. The minimum absolute atomic E-state index is 0.0471. The van der Waals surface area contributed by atoms with Gasteiger partial charge in [0.25, 0.3) is 0 Å². The van der Waals surface area contributed by atoms with E-state index in [2.05, 4.69) is 32.2 Å². The number of hydrogen-bond donors (Lipinski definition) is 2. The highest BCUT2D eigenvalue weighted by molar-refractivity contribution is 5.84. The molecule has 0 aromatic rings. The van der Waals surface area contributed by atoms with Gasteiger partial charge in [0.2, 0.25) is 5.91 Å². The molecule has 1 saturated carbocycles. The van der Waals surface area contributed by atoms with E-state index in [1.807, 2.05) is 13.8 Å². The minimum Gasteiger partial charge on any atom is -0.443 e. The molecule has 8 heteroatoms. The third-order valence-electron chi connectivity index (χ3n) is 6.74. The Morgan fingerprint density at radius 1 is 1.33 bits per heavy atom. The van der Waals surface area contributed by atoms with Crippen LogP contribution in [0, 0.1) is 11.8 Å². The van der Waals surface area contributed by atoms with Crippen molar-refractivity contribution in [3.05, 3.63) is 11.6 Å². The van der Waals surface area contributed by atoms with Gasteiger partial charge < -0.3 is 30.0 Å². The van der Waals surface area contributed by atoms with Crippen molar-refractivity contribution in [3.63, 3.8) is 0 Å². The van der Waals surface area contributed by atoms with Crippen molar-refractivity contribution in [2.45, 2.75) is 89.4 Å². The standard InChI is InChI=1S/C22H36N2O6/c1-12(2)7-8-15-21(5,30-15)18-17(27-6)14(9-10-22(18)11-28-22)29-20(26)24-16(13(3)4)19(23)25/h7,13-18H,8-11H2,1-6H3,(H2,23,25)(H,24,26)/t14-,15-,16-,17-,18-,21?,22+/m1/s1. The van der Waals surface area contributed by atoms with Crippen LogP contribution in [0.2, 0.25) is 0 Å². The van der Waals surface area contributed by atoms with E-state index in [1.54, 1.807) is 7.11 Å². The van der Waals surface area contributed by atoms with E-state index in [9.17, 15) is 9.59 Å². The Kier molecular flexibility index (Phi) is 6.51. The van der Waals surface area contributed by atoms with Crippen LogP contribution < -0.4 is 11.1 Å². The topological polar surface area (TPSA) is 116 Å². The van der Waals surface area contributed by atoms with Crippen LogP contribution in [0.4, 0.5) is 4.79 Å². The fraction of sp³-hybridized carbons (Fsp3) is 0.818. The van der Waals surface area contributed by atoms with Crippen LogP contribution in [0.15, 0.2) is 11.6 Å². The maximum absolute atomic E-state index is 12.5. The molecule has 0 radical (unpaired) electrons. The lowest BCUT2D eigenvalue weighted by Crippen LogP contribution is -2.57. The van der Waals surface area contributed by atoms with Crippen molar-refractivity contribution in [1.82, 2.24) is 5.32 Å². The number of primary amides is 1. The molecular formula is C22H36N2O6. The zero-order chi connectivity index (χ0) is 22.3. The predicted molar refractivity (Wildman–Crippen MR) is 111 cm³/mol. The number of amides is 2. The van der Waals surface area contributed by atoms with Gasteiger partial charge in [-0.3, -0.25) is 4.79 Å². The zero-order valence-corrected chi connectivity index (χ0v) is 18.9. The second kappa shape index (κ2) is 8.48. The van der Waals surface area contributed by atoms with Crippen LogP contribution >= 0.6 is 0 Å². The molecule has 3 rings (SSSR count). The normalized spacial score (nSPS) is 38.1. The Labute approximate surface area is 178 Å². The van der Waals surface area contributed by atoms with Gasteiger partial charge in [-0.1, -0.05) is 25.5 Å². The van der Waals surface area contributed by atoms with Gasteiger partial charge in [0, 0.05) is 7.11 Å². The molecule has 3 N–H and O–H groups in total. The molecular weight excluding hydrogens is 388 g/mol. The van der Waals surface area contributed by atoms with Gasteiger partial charge in [-0.25, -0.2) is 4.79 Å². The summed E-state index contributed by atoms with van der Waals surface area (Å²) in [6.45, 7) is 10.5. The monoisotopic (exact) mass is 424 g/mol. The molecule has 1 spiro atoms. The summed E-state index contributed by atoms with van der Waals surface area (Å²) in [7, 11) is 1.63. The van der Waals surface area contributed by atoms with Gasteiger partial charge in [0.15, 0.2) is 0 Å². The van der Waals surface area contributed by atoms with E-state index in [0.717, 1.165) is 12.8 Å². The number of allylic oxidation sites excluding steroid dienone is 1. The quantitative estimate of drug-likeness (QED) is 0.456. The second-order valence-electron chi connectivity index (χ2n) is 9.59. The maximum atomic E-state index is 12.5. The second-order valence-corrected chi connectivity index (χ2v) is 9.59. The van der Waals surface area contributed by atoms with Gasteiger partial charge in [-0.15, -0.1) is 0 Å². The van der Waals surface area contributed by atoms with Crippen LogP contribution in [0.3, 0.4) is 0 Å². The smallest absolute Gasteiger partial charge is 0.408 e. The number of alkyl carbamates (subject to hydrolysis) is 1. The van der Waals surface area contributed by atoms with E-state index in [-0.39, 0.29) is 29.6 Å². The third-order valence-corrected chi connectivity index (χ3v) is 6.74. The first kappa shape index (κ1) is 23.0. The first-order valence-corrected chi connectivity index (χ1v) is 10.8. The van der Waals surface area contributed by atoms with Crippen molar-refractivity contribution < 1.29 is 28.5 Å². The van der Waals surface area contributed by atoms with E-state index in [4.69, 9.17) is 24.7 Å². The molecule has 0 aromatic heterocycles. The minimum atomic E-state index is -0.784.